The van der Waals surface area contributed by atoms with Gasteiger partial charge in [0.2, 0.25) is 0 Å². The second kappa shape index (κ2) is 10.2. The molecule has 3 aromatic rings. The summed E-state index contributed by atoms with van der Waals surface area (Å²) in [7, 11) is -2.84. The minimum absolute atomic E-state index is 0.0194. The van der Waals surface area contributed by atoms with Crippen LogP contribution in [0.25, 0.3) is 0 Å². The number of thiazole rings is 1. The molecule has 13 heteroatoms. The molecule has 0 saturated carbocycles. The van der Waals surface area contributed by atoms with Gasteiger partial charge in [-0.1, -0.05) is 6.07 Å². The Morgan fingerprint density at radius 3 is 2.44 bits per heavy atom. The van der Waals surface area contributed by atoms with Crippen molar-refractivity contribution in [2.45, 2.75) is 19.6 Å². The van der Waals surface area contributed by atoms with Crippen LogP contribution >= 0.6 is 11.3 Å². The van der Waals surface area contributed by atoms with E-state index in [1.165, 1.54) is 12.1 Å². The molecule has 0 radical (unpaired) electrons. The molecule has 178 valence electrons. The summed E-state index contributed by atoms with van der Waals surface area (Å²) in [5, 5.41) is 11.5. The molecule has 7 nitrogen and oxygen atoms in total. The summed E-state index contributed by atoms with van der Waals surface area (Å²) in [4.78, 5) is 18.6. The quantitative estimate of drug-likeness (QED) is 0.365. The van der Waals surface area contributed by atoms with E-state index in [0.29, 0.717) is 22.2 Å². The molecule has 1 amide bonds. The molecule has 0 aliphatic rings. The van der Waals surface area contributed by atoms with Crippen molar-refractivity contribution in [3.63, 3.8) is 0 Å². The lowest BCUT2D eigenvalue weighted by Crippen LogP contribution is -2.26. The van der Waals surface area contributed by atoms with Crippen molar-refractivity contribution in [3.8, 4) is 6.07 Å². The zero-order valence-corrected chi connectivity index (χ0v) is 19.1. The second-order valence-electron chi connectivity index (χ2n) is 6.95. The SMILES string of the molecule is Cc1sc(N(Cc2ccc(C(F)(F)F)c(F)c2)c2ccc(C#N)cc2)nc1C(=O)NC[SH](=O)=O. The highest BCUT2D eigenvalue weighted by Gasteiger charge is 2.34. The number of nitrogens with one attached hydrogen (secondary N) is 1. The van der Waals surface area contributed by atoms with Crippen LogP contribution in [0.15, 0.2) is 42.5 Å². The van der Waals surface area contributed by atoms with Gasteiger partial charge in [0.25, 0.3) is 5.91 Å². The number of hydrogen-bond donors (Lipinski definition) is 2. The van der Waals surface area contributed by atoms with Gasteiger partial charge in [-0.25, -0.2) is 17.8 Å². The standard InChI is InChI=1S/C21H16F4N4O3S2/c1-12-18(19(30)27-11-34(31)32)28-20(33-12)29(15-5-2-13(9-26)3-6-15)10-14-4-7-16(17(22)8-14)21(23,24)25/h2-8,34H,10-11H2,1H3,(H,27,30). The number of halogens is 4. The number of anilines is 2. The molecular weight excluding hydrogens is 496 g/mol. The molecule has 2 aromatic carbocycles. The van der Waals surface area contributed by atoms with E-state index in [-0.39, 0.29) is 22.9 Å². The van der Waals surface area contributed by atoms with E-state index >= 15 is 0 Å². The third-order valence-electron chi connectivity index (χ3n) is 4.59. The Hall–Kier alpha value is -3.50. The lowest BCUT2D eigenvalue weighted by atomic mass is 10.1. The van der Waals surface area contributed by atoms with Crippen LogP contribution in [-0.2, 0) is 23.4 Å². The molecule has 0 saturated heterocycles. The zero-order chi connectivity index (χ0) is 25.0. The van der Waals surface area contributed by atoms with Gasteiger partial charge in [-0.2, -0.15) is 18.4 Å². The summed E-state index contributed by atoms with van der Waals surface area (Å²) in [6, 6.07) is 10.7. The van der Waals surface area contributed by atoms with Crippen molar-refractivity contribution in [1.82, 2.24) is 10.3 Å². The normalized spacial score (nSPS) is 11.3. The van der Waals surface area contributed by atoms with Crippen LogP contribution in [0.2, 0.25) is 0 Å². The van der Waals surface area contributed by atoms with E-state index in [1.807, 2.05) is 6.07 Å². The zero-order valence-electron chi connectivity index (χ0n) is 17.4. The van der Waals surface area contributed by atoms with Crippen molar-refractivity contribution in [1.29, 1.82) is 5.26 Å². The fourth-order valence-electron chi connectivity index (χ4n) is 2.98. The predicted molar refractivity (Wildman–Crippen MR) is 118 cm³/mol. The number of thiol groups is 1. The largest absolute Gasteiger partial charge is 0.419 e. The molecular formula is C21H16F4N4O3S2. The Morgan fingerprint density at radius 1 is 1.21 bits per heavy atom. The van der Waals surface area contributed by atoms with Gasteiger partial charge in [0.15, 0.2) is 15.8 Å². The smallest absolute Gasteiger partial charge is 0.337 e. The number of aromatic nitrogens is 1. The van der Waals surface area contributed by atoms with Crippen molar-refractivity contribution in [3.05, 3.63) is 75.5 Å². The summed E-state index contributed by atoms with van der Waals surface area (Å²) >= 11 is 1.08. The number of alkyl halides is 3. The van der Waals surface area contributed by atoms with Crippen molar-refractivity contribution < 1.29 is 30.8 Å². The maximum Gasteiger partial charge on any atom is 0.419 e. The molecule has 0 aliphatic carbocycles. The van der Waals surface area contributed by atoms with Crippen LogP contribution < -0.4 is 10.2 Å². The van der Waals surface area contributed by atoms with Crippen LogP contribution in [-0.4, -0.2) is 25.2 Å². The number of aryl methyl sites for hydroxylation is 1. The van der Waals surface area contributed by atoms with Crippen LogP contribution in [0.3, 0.4) is 0 Å². The molecule has 0 atom stereocenters. The Labute approximate surface area is 197 Å². The molecule has 1 heterocycles. The number of rotatable bonds is 7. The van der Waals surface area contributed by atoms with Crippen LogP contribution in [0.4, 0.5) is 28.4 Å². The Balaban J connectivity index is 2.00. The number of hydrogen-bond acceptors (Lipinski definition) is 7. The molecule has 0 spiro atoms. The average Bonchev–Trinajstić information content (AvgIpc) is 3.16. The van der Waals surface area contributed by atoms with Crippen molar-refractivity contribution in [2.75, 3.05) is 10.8 Å². The van der Waals surface area contributed by atoms with Crippen molar-refractivity contribution >= 4 is 38.8 Å². The minimum Gasteiger partial charge on any atom is -0.337 e. The third-order valence-corrected chi connectivity index (χ3v) is 6.00. The van der Waals surface area contributed by atoms with Gasteiger partial charge in [-0.05, 0) is 48.9 Å². The highest BCUT2D eigenvalue weighted by Crippen LogP contribution is 2.35. The fourth-order valence-corrected chi connectivity index (χ4v) is 4.18. The van der Waals surface area contributed by atoms with Crippen molar-refractivity contribution in [2.24, 2.45) is 0 Å². The van der Waals surface area contributed by atoms with Gasteiger partial charge < -0.3 is 10.2 Å². The molecule has 3 rings (SSSR count). The van der Waals surface area contributed by atoms with Gasteiger partial charge in [-0.15, -0.1) is 11.3 Å². The number of carbonyl (C=O) groups is 1. The summed E-state index contributed by atoms with van der Waals surface area (Å²) < 4.78 is 74.4. The molecule has 0 unspecified atom stereocenters. The van der Waals surface area contributed by atoms with E-state index in [2.05, 4.69) is 10.3 Å². The van der Waals surface area contributed by atoms with Gasteiger partial charge in [0, 0.05) is 10.6 Å². The van der Waals surface area contributed by atoms with E-state index in [9.17, 15) is 30.8 Å². The van der Waals surface area contributed by atoms with E-state index < -0.39 is 40.0 Å². The highest BCUT2D eigenvalue weighted by atomic mass is 32.2. The van der Waals surface area contributed by atoms with Gasteiger partial charge >= 0.3 is 6.18 Å². The number of benzene rings is 2. The maximum absolute atomic E-state index is 14.1. The Morgan fingerprint density at radius 2 is 1.88 bits per heavy atom. The molecule has 0 fully saturated rings. The Kier molecular flexibility index (Phi) is 7.53. The lowest BCUT2D eigenvalue weighted by Gasteiger charge is -2.22. The second-order valence-corrected chi connectivity index (χ2v) is 9.12. The predicted octanol–water partition coefficient (Wildman–Crippen LogP) is 4.12. The van der Waals surface area contributed by atoms with E-state index in [0.717, 1.165) is 23.5 Å². The highest BCUT2D eigenvalue weighted by molar-refractivity contribution is 7.72. The van der Waals surface area contributed by atoms with E-state index in [1.54, 1.807) is 24.0 Å². The molecule has 34 heavy (non-hydrogen) atoms. The molecule has 0 aliphatic heterocycles. The third kappa shape index (κ3) is 5.89. The number of amides is 1. The first-order valence-corrected chi connectivity index (χ1v) is 11.7. The first kappa shape index (κ1) is 25.1. The molecule has 1 N–H and O–H groups in total. The summed E-state index contributed by atoms with van der Waals surface area (Å²) in [6.45, 7) is 1.50. The summed E-state index contributed by atoms with van der Waals surface area (Å²) in [5.74, 6) is -2.70. The Bertz CT molecular complexity index is 1320. The fraction of sp³-hybridized carbons (Fsp3) is 0.190. The molecule has 0 bridgehead atoms. The van der Waals surface area contributed by atoms with E-state index in [4.69, 9.17) is 5.26 Å². The average molecular weight is 513 g/mol. The van der Waals surface area contributed by atoms with Gasteiger partial charge in [0.05, 0.1) is 23.7 Å². The monoisotopic (exact) mass is 512 g/mol. The number of nitrogens with zero attached hydrogens (tertiary/aromatic N) is 3. The number of nitriles is 1. The topological polar surface area (TPSA) is 103 Å². The first-order chi connectivity index (χ1) is 16.0. The van der Waals surface area contributed by atoms with Gasteiger partial charge in [-0.3, -0.25) is 4.79 Å². The molecule has 1 aromatic heterocycles. The number of carbonyl (C=O) groups excluding carboxylic acids is 1. The maximum atomic E-state index is 14.1. The van der Waals surface area contributed by atoms with Gasteiger partial charge in [0.1, 0.15) is 17.4 Å². The first-order valence-electron chi connectivity index (χ1n) is 9.50. The summed E-state index contributed by atoms with van der Waals surface area (Å²) in [5.41, 5.74) is -0.345. The van der Waals surface area contributed by atoms with Crippen LogP contribution in [0, 0.1) is 24.1 Å². The van der Waals surface area contributed by atoms with Crippen LogP contribution in [0.1, 0.15) is 32.1 Å². The lowest BCUT2D eigenvalue weighted by molar-refractivity contribution is -0.140. The summed E-state index contributed by atoms with van der Waals surface area (Å²) in [6.07, 6.45) is -4.83. The minimum atomic E-state index is -4.83. The van der Waals surface area contributed by atoms with Crippen LogP contribution in [0.5, 0.6) is 0 Å².